The number of nitrogens with zero attached hydrogens (tertiary/aromatic N) is 2. The van der Waals surface area contributed by atoms with E-state index in [1.807, 2.05) is 19.9 Å². The average molecular weight is 236 g/mol. The maximum absolute atomic E-state index is 5.52. The van der Waals surface area contributed by atoms with Gasteiger partial charge in [0.1, 0.15) is 5.82 Å². The third kappa shape index (κ3) is 3.06. The molecule has 1 aliphatic heterocycles. The second kappa shape index (κ2) is 5.31. The Labute approximate surface area is 102 Å². The zero-order chi connectivity index (χ0) is 12.3. The first-order valence-corrected chi connectivity index (χ1v) is 6.16. The van der Waals surface area contributed by atoms with Crippen LogP contribution in [0.3, 0.4) is 0 Å². The number of hydrogen-bond donors (Lipinski definition) is 2. The molecule has 2 N–H and O–H groups in total. The molecular weight excluding hydrogens is 216 g/mol. The molecule has 2 atom stereocenters. The smallest absolute Gasteiger partial charge is 0.224 e. The maximum Gasteiger partial charge on any atom is 0.224 e. The van der Waals surface area contributed by atoms with Crippen LogP contribution in [0, 0.1) is 6.92 Å². The van der Waals surface area contributed by atoms with Gasteiger partial charge < -0.3 is 15.4 Å². The molecule has 2 rings (SSSR count). The molecule has 5 heteroatoms. The van der Waals surface area contributed by atoms with Crippen molar-refractivity contribution in [3.63, 3.8) is 0 Å². The van der Waals surface area contributed by atoms with Gasteiger partial charge in [0.25, 0.3) is 0 Å². The van der Waals surface area contributed by atoms with Crippen LogP contribution in [0.2, 0.25) is 0 Å². The molecule has 0 spiro atoms. The highest BCUT2D eigenvalue weighted by Gasteiger charge is 2.24. The fourth-order valence-electron chi connectivity index (χ4n) is 1.99. The van der Waals surface area contributed by atoms with Crippen LogP contribution in [-0.4, -0.2) is 35.3 Å². The summed E-state index contributed by atoms with van der Waals surface area (Å²) in [5, 5.41) is 6.55. The maximum atomic E-state index is 5.52. The Morgan fingerprint density at radius 3 is 2.94 bits per heavy atom. The lowest BCUT2D eigenvalue weighted by molar-refractivity contribution is 0.121. The van der Waals surface area contributed by atoms with E-state index < -0.39 is 0 Å². The Morgan fingerprint density at radius 1 is 1.47 bits per heavy atom. The molecule has 2 heterocycles. The van der Waals surface area contributed by atoms with E-state index in [4.69, 9.17) is 4.74 Å². The second-order valence-electron chi connectivity index (χ2n) is 4.36. The number of anilines is 2. The van der Waals surface area contributed by atoms with E-state index in [9.17, 15) is 0 Å². The van der Waals surface area contributed by atoms with Crippen LogP contribution < -0.4 is 10.6 Å². The summed E-state index contributed by atoms with van der Waals surface area (Å²) in [6.07, 6.45) is 1.27. The van der Waals surface area contributed by atoms with Crippen molar-refractivity contribution in [2.24, 2.45) is 0 Å². The van der Waals surface area contributed by atoms with E-state index >= 15 is 0 Å². The monoisotopic (exact) mass is 236 g/mol. The van der Waals surface area contributed by atoms with Gasteiger partial charge in [-0.1, -0.05) is 0 Å². The van der Waals surface area contributed by atoms with Crippen molar-refractivity contribution in [3.8, 4) is 0 Å². The number of hydrogen-bond acceptors (Lipinski definition) is 5. The predicted molar refractivity (Wildman–Crippen MR) is 68.4 cm³/mol. The number of ether oxygens (including phenoxy) is 1. The molecule has 1 fully saturated rings. The summed E-state index contributed by atoms with van der Waals surface area (Å²) in [6.45, 7) is 7.74. The fourth-order valence-corrected chi connectivity index (χ4v) is 1.99. The molecule has 0 amide bonds. The van der Waals surface area contributed by atoms with E-state index in [0.29, 0.717) is 12.0 Å². The van der Waals surface area contributed by atoms with Gasteiger partial charge in [0.05, 0.1) is 12.1 Å². The van der Waals surface area contributed by atoms with E-state index in [1.54, 1.807) is 0 Å². The van der Waals surface area contributed by atoms with Crippen LogP contribution in [0.25, 0.3) is 0 Å². The van der Waals surface area contributed by atoms with E-state index in [-0.39, 0.29) is 6.10 Å². The van der Waals surface area contributed by atoms with Crippen LogP contribution >= 0.6 is 0 Å². The van der Waals surface area contributed by atoms with E-state index in [0.717, 1.165) is 31.1 Å². The molecule has 0 radical (unpaired) electrons. The first-order chi connectivity index (χ1) is 8.19. The lowest BCUT2D eigenvalue weighted by Crippen LogP contribution is -2.27. The summed E-state index contributed by atoms with van der Waals surface area (Å²) in [7, 11) is 0. The molecule has 17 heavy (non-hydrogen) atoms. The Hall–Kier alpha value is -1.36. The number of aryl methyl sites for hydroxylation is 1. The Balaban J connectivity index is 2.09. The van der Waals surface area contributed by atoms with E-state index in [2.05, 4.69) is 27.5 Å². The first kappa shape index (κ1) is 12.1. The standard InChI is InChI=1S/C12H20N4O/c1-4-13-12-14-8(2)7-11(16-12)15-10-5-6-17-9(10)3/h7,9-10H,4-6H2,1-3H3,(H2,13,14,15,16). The lowest BCUT2D eigenvalue weighted by Gasteiger charge is -2.17. The van der Waals surface area contributed by atoms with Gasteiger partial charge in [-0.15, -0.1) is 0 Å². The molecule has 1 aromatic heterocycles. The highest BCUT2D eigenvalue weighted by atomic mass is 16.5. The molecular formula is C12H20N4O. The van der Waals surface area contributed by atoms with Crippen molar-refractivity contribution in [2.75, 3.05) is 23.8 Å². The van der Waals surface area contributed by atoms with Gasteiger partial charge in [-0.3, -0.25) is 0 Å². The molecule has 1 saturated heterocycles. The van der Waals surface area contributed by atoms with Crippen LogP contribution in [0.15, 0.2) is 6.07 Å². The Morgan fingerprint density at radius 2 is 2.29 bits per heavy atom. The topological polar surface area (TPSA) is 59.1 Å². The minimum absolute atomic E-state index is 0.243. The molecule has 2 unspecified atom stereocenters. The van der Waals surface area contributed by atoms with Crippen molar-refractivity contribution in [1.29, 1.82) is 0 Å². The third-order valence-electron chi connectivity index (χ3n) is 2.90. The normalized spacial score (nSPS) is 23.7. The minimum Gasteiger partial charge on any atom is -0.376 e. The zero-order valence-electron chi connectivity index (χ0n) is 10.7. The summed E-state index contributed by atoms with van der Waals surface area (Å²) in [5.41, 5.74) is 0.963. The largest absolute Gasteiger partial charge is 0.376 e. The zero-order valence-corrected chi connectivity index (χ0v) is 10.7. The molecule has 0 saturated carbocycles. The number of rotatable bonds is 4. The quantitative estimate of drug-likeness (QED) is 0.835. The van der Waals surface area contributed by atoms with Gasteiger partial charge >= 0.3 is 0 Å². The number of aromatic nitrogens is 2. The molecule has 0 bridgehead atoms. The highest BCUT2D eigenvalue weighted by molar-refractivity contribution is 5.43. The average Bonchev–Trinajstić information content (AvgIpc) is 2.64. The lowest BCUT2D eigenvalue weighted by atomic mass is 10.1. The minimum atomic E-state index is 0.243. The first-order valence-electron chi connectivity index (χ1n) is 6.16. The third-order valence-corrected chi connectivity index (χ3v) is 2.90. The summed E-state index contributed by atoms with van der Waals surface area (Å²) >= 11 is 0. The molecule has 1 aromatic rings. The summed E-state index contributed by atoms with van der Waals surface area (Å²) in [6, 6.07) is 2.31. The summed E-state index contributed by atoms with van der Waals surface area (Å²) < 4.78 is 5.52. The SMILES string of the molecule is CCNc1nc(C)cc(NC2CCOC2C)n1. The van der Waals surface area contributed by atoms with E-state index in [1.165, 1.54) is 0 Å². The van der Waals surface area contributed by atoms with Crippen molar-refractivity contribution in [2.45, 2.75) is 39.3 Å². The van der Waals surface area contributed by atoms with Gasteiger partial charge in [0.2, 0.25) is 5.95 Å². The molecule has 94 valence electrons. The molecule has 5 nitrogen and oxygen atoms in total. The second-order valence-corrected chi connectivity index (χ2v) is 4.36. The predicted octanol–water partition coefficient (Wildman–Crippen LogP) is 1.81. The van der Waals surface area contributed by atoms with Gasteiger partial charge in [-0.05, 0) is 27.2 Å². The summed E-state index contributed by atoms with van der Waals surface area (Å²) in [4.78, 5) is 8.76. The van der Waals surface area contributed by atoms with Gasteiger partial charge in [-0.25, -0.2) is 4.98 Å². The number of nitrogens with one attached hydrogen (secondary N) is 2. The van der Waals surface area contributed by atoms with Crippen LogP contribution in [0.4, 0.5) is 11.8 Å². The molecule has 0 aromatic carbocycles. The van der Waals surface area contributed by atoms with Gasteiger partial charge in [-0.2, -0.15) is 4.98 Å². The van der Waals surface area contributed by atoms with Crippen molar-refractivity contribution in [3.05, 3.63) is 11.8 Å². The van der Waals surface area contributed by atoms with Crippen LogP contribution in [-0.2, 0) is 4.74 Å². The highest BCUT2D eigenvalue weighted by Crippen LogP contribution is 2.18. The molecule has 0 aliphatic carbocycles. The van der Waals surface area contributed by atoms with Crippen LogP contribution in [0.5, 0.6) is 0 Å². The van der Waals surface area contributed by atoms with Gasteiger partial charge in [0, 0.05) is 24.9 Å². The van der Waals surface area contributed by atoms with Crippen molar-refractivity contribution < 1.29 is 4.74 Å². The summed E-state index contributed by atoms with van der Waals surface area (Å²) in [5.74, 6) is 1.55. The Kier molecular flexibility index (Phi) is 3.78. The van der Waals surface area contributed by atoms with Crippen LogP contribution in [0.1, 0.15) is 26.0 Å². The van der Waals surface area contributed by atoms with Gasteiger partial charge in [0.15, 0.2) is 0 Å². The van der Waals surface area contributed by atoms with Crippen molar-refractivity contribution >= 4 is 11.8 Å². The molecule has 1 aliphatic rings. The Bertz CT molecular complexity index is 383. The van der Waals surface area contributed by atoms with Crippen molar-refractivity contribution in [1.82, 2.24) is 9.97 Å². The fraction of sp³-hybridized carbons (Fsp3) is 0.667.